The minimum absolute atomic E-state index is 0.126. The van der Waals surface area contributed by atoms with Gasteiger partial charge in [-0.25, -0.2) is 9.78 Å². The van der Waals surface area contributed by atoms with Crippen LogP contribution in [0.3, 0.4) is 0 Å². The number of para-hydroxylation sites is 2. The molecule has 1 amide bonds. The first-order valence-electron chi connectivity index (χ1n) is 8.41. The number of nitrogens with zero attached hydrogens (tertiary/aromatic N) is 1. The van der Waals surface area contributed by atoms with E-state index in [1.54, 1.807) is 37.3 Å². The smallest absolute Gasteiger partial charge is 0.338 e. The average molecular weight is 384 g/mol. The van der Waals surface area contributed by atoms with Gasteiger partial charge in [-0.1, -0.05) is 23.5 Å². The topological polar surface area (TPSA) is 86.8 Å². The van der Waals surface area contributed by atoms with Gasteiger partial charge in [0.15, 0.2) is 16.6 Å². The Morgan fingerprint density at radius 3 is 2.89 bits per heavy atom. The van der Waals surface area contributed by atoms with Crippen LogP contribution in [0.1, 0.15) is 17.3 Å². The maximum Gasteiger partial charge on any atom is 0.338 e. The van der Waals surface area contributed by atoms with Crippen LogP contribution in [-0.2, 0) is 9.53 Å². The highest BCUT2D eigenvalue weighted by molar-refractivity contribution is 7.22. The molecule has 1 aliphatic heterocycles. The highest BCUT2D eigenvalue weighted by Crippen LogP contribution is 2.32. The Kier molecular flexibility index (Phi) is 4.64. The number of carbonyl (C=O) groups is 2. The van der Waals surface area contributed by atoms with Crippen LogP contribution in [-0.4, -0.2) is 36.2 Å². The van der Waals surface area contributed by atoms with E-state index in [1.807, 2.05) is 12.1 Å². The molecule has 8 heteroatoms. The van der Waals surface area contributed by atoms with Gasteiger partial charge in [0.05, 0.1) is 22.4 Å². The molecule has 0 spiro atoms. The number of thiazole rings is 1. The lowest BCUT2D eigenvalue weighted by atomic mass is 10.2. The molecule has 0 bridgehead atoms. The predicted octanol–water partition coefficient (Wildman–Crippen LogP) is 3.25. The summed E-state index contributed by atoms with van der Waals surface area (Å²) in [6, 6.07) is 12.3. The fraction of sp³-hybridized carbons (Fsp3) is 0.211. The Balaban J connectivity index is 1.48. The Bertz CT molecular complexity index is 1020. The van der Waals surface area contributed by atoms with Crippen molar-refractivity contribution in [3.63, 3.8) is 0 Å². The quantitative estimate of drug-likeness (QED) is 0.695. The molecule has 0 radical (unpaired) electrons. The third-order valence-electron chi connectivity index (χ3n) is 3.93. The lowest BCUT2D eigenvalue weighted by Crippen LogP contribution is -2.40. The second-order valence-corrected chi connectivity index (χ2v) is 6.81. The fourth-order valence-corrected chi connectivity index (χ4v) is 3.56. The first kappa shape index (κ1) is 17.3. The van der Waals surface area contributed by atoms with Crippen LogP contribution in [0, 0.1) is 0 Å². The van der Waals surface area contributed by atoms with E-state index in [0.717, 1.165) is 4.70 Å². The van der Waals surface area contributed by atoms with E-state index >= 15 is 0 Å². The number of rotatable bonds is 4. The molecule has 2 aromatic carbocycles. The molecule has 0 fully saturated rings. The third-order valence-corrected chi connectivity index (χ3v) is 4.86. The maximum atomic E-state index is 12.5. The van der Waals surface area contributed by atoms with Gasteiger partial charge < -0.3 is 14.2 Å². The van der Waals surface area contributed by atoms with Crippen LogP contribution in [0.4, 0.5) is 5.13 Å². The highest BCUT2D eigenvalue weighted by Gasteiger charge is 2.28. The normalized spacial score (nSPS) is 15.4. The molecule has 27 heavy (non-hydrogen) atoms. The van der Waals surface area contributed by atoms with Crippen molar-refractivity contribution in [2.75, 3.05) is 18.5 Å². The summed E-state index contributed by atoms with van der Waals surface area (Å²) in [6.07, 6.45) is -0.762. The van der Waals surface area contributed by atoms with Gasteiger partial charge in [0.2, 0.25) is 6.10 Å². The molecule has 4 rings (SSSR count). The van der Waals surface area contributed by atoms with Gasteiger partial charge >= 0.3 is 5.97 Å². The van der Waals surface area contributed by atoms with Crippen molar-refractivity contribution in [1.29, 1.82) is 0 Å². The van der Waals surface area contributed by atoms with Gasteiger partial charge in [0.25, 0.3) is 5.91 Å². The number of carbonyl (C=O) groups excluding carboxylic acids is 2. The Morgan fingerprint density at radius 1 is 1.26 bits per heavy atom. The lowest BCUT2D eigenvalue weighted by Gasteiger charge is -2.25. The second-order valence-electron chi connectivity index (χ2n) is 5.78. The zero-order valence-electron chi connectivity index (χ0n) is 14.4. The summed E-state index contributed by atoms with van der Waals surface area (Å²) >= 11 is 1.28. The van der Waals surface area contributed by atoms with Gasteiger partial charge in [-0.15, -0.1) is 0 Å². The summed E-state index contributed by atoms with van der Waals surface area (Å²) in [7, 11) is 0. The molecular formula is C19H16N2O5S. The molecular weight excluding hydrogens is 368 g/mol. The van der Waals surface area contributed by atoms with Crippen molar-refractivity contribution < 1.29 is 23.8 Å². The van der Waals surface area contributed by atoms with E-state index in [0.29, 0.717) is 34.3 Å². The number of amides is 1. The summed E-state index contributed by atoms with van der Waals surface area (Å²) < 4.78 is 17.0. The zero-order valence-corrected chi connectivity index (χ0v) is 15.2. The van der Waals surface area contributed by atoms with Gasteiger partial charge in [-0.3, -0.25) is 10.1 Å². The summed E-state index contributed by atoms with van der Waals surface area (Å²) in [6.45, 7) is 2.19. The molecule has 0 saturated heterocycles. The van der Waals surface area contributed by atoms with E-state index in [1.165, 1.54) is 11.3 Å². The molecule has 0 aliphatic carbocycles. The van der Waals surface area contributed by atoms with Crippen molar-refractivity contribution in [2.24, 2.45) is 0 Å². The predicted molar refractivity (Wildman–Crippen MR) is 101 cm³/mol. The van der Waals surface area contributed by atoms with Crippen molar-refractivity contribution in [3.8, 4) is 11.5 Å². The molecule has 0 saturated carbocycles. The molecule has 3 aromatic rings. The largest absolute Gasteiger partial charge is 0.485 e. The second kappa shape index (κ2) is 7.24. The van der Waals surface area contributed by atoms with E-state index < -0.39 is 6.10 Å². The fourth-order valence-electron chi connectivity index (χ4n) is 2.65. The van der Waals surface area contributed by atoms with Gasteiger partial charge in [-0.05, 0) is 37.3 Å². The summed E-state index contributed by atoms with van der Waals surface area (Å²) in [5.41, 5.74) is 1.14. The summed E-state index contributed by atoms with van der Waals surface area (Å²) in [5, 5.41) is 3.18. The molecule has 7 nitrogen and oxygen atoms in total. The molecule has 1 aromatic heterocycles. The number of hydrogen-bond acceptors (Lipinski definition) is 7. The van der Waals surface area contributed by atoms with Crippen molar-refractivity contribution >= 4 is 38.6 Å². The Labute approximate surface area is 158 Å². The van der Waals surface area contributed by atoms with Crippen molar-refractivity contribution in [3.05, 3.63) is 48.0 Å². The Hall–Kier alpha value is -3.13. The number of nitrogens with one attached hydrogen (secondary N) is 1. The van der Waals surface area contributed by atoms with Gasteiger partial charge in [-0.2, -0.15) is 0 Å². The minimum Gasteiger partial charge on any atom is -0.485 e. The highest BCUT2D eigenvalue weighted by atomic mass is 32.1. The van der Waals surface area contributed by atoms with Gasteiger partial charge in [0.1, 0.15) is 6.61 Å². The van der Waals surface area contributed by atoms with E-state index in [4.69, 9.17) is 14.2 Å². The molecule has 1 N–H and O–H groups in total. The van der Waals surface area contributed by atoms with Crippen LogP contribution in [0.25, 0.3) is 10.2 Å². The Morgan fingerprint density at radius 2 is 2.07 bits per heavy atom. The maximum absolute atomic E-state index is 12.5. The number of benzene rings is 2. The van der Waals surface area contributed by atoms with Crippen LogP contribution < -0.4 is 14.8 Å². The van der Waals surface area contributed by atoms with Crippen molar-refractivity contribution in [2.45, 2.75) is 13.0 Å². The van der Waals surface area contributed by atoms with E-state index in [2.05, 4.69) is 10.3 Å². The molecule has 1 unspecified atom stereocenters. The standard InChI is InChI=1S/C19H16N2O5S/c1-2-24-18(23)11-7-8-12-16(9-11)27-19(20-12)21-17(22)15-10-25-13-5-3-4-6-14(13)26-15/h3-9,15H,2,10H2,1H3,(H,20,21,22). The van der Waals surface area contributed by atoms with Crippen molar-refractivity contribution in [1.82, 2.24) is 4.98 Å². The molecule has 1 aliphatic rings. The number of ether oxygens (including phenoxy) is 3. The third kappa shape index (κ3) is 3.56. The van der Waals surface area contributed by atoms with Crippen LogP contribution in [0.5, 0.6) is 11.5 Å². The van der Waals surface area contributed by atoms with Crippen LogP contribution >= 0.6 is 11.3 Å². The number of hydrogen-bond donors (Lipinski definition) is 1. The number of fused-ring (bicyclic) bond motifs is 2. The minimum atomic E-state index is -0.762. The van der Waals surface area contributed by atoms with Crippen LogP contribution in [0.2, 0.25) is 0 Å². The van der Waals surface area contributed by atoms with Crippen LogP contribution in [0.15, 0.2) is 42.5 Å². The summed E-state index contributed by atoms with van der Waals surface area (Å²) in [5.74, 6) is 0.430. The number of anilines is 1. The monoisotopic (exact) mass is 384 g/mol. The number of esters is 1. The van der Waals surface area contributed by atoms with E-state index in [9.17, 15) is 9.59 Å². The number of aromatic nitrogens is 1. The first-order valence-corrected chi connectivity index (χ1v) is 9.23. The SMILES string of the molecule is CCOC(=O)c1ccc2nc(NC(=O)C3COc4ccccc4O3)sc2c1. The van der Waals surface area contributed by atoms with E-state index in [-0.39, 0.29) is 18.5 Å². The molecule has 1 atom stereocenters. The average Bonchev–Trinajstić information content (AvgIpc) is 3.09. The zero-order chi connectivity index (χ0) is 18.8. The molecule has 2 heterocycles. The molecule has 138 valence electrons. The lowest BCUT2D eigenvalue weighted by molar-refractivity contribution is -0.125. The van der Waals surface area contributed by atoms with Gasteiger partial charge in [0, 0.05) is 0 Å². The summed E-state index contributed by atoms with van der Waals surface area (Å²) in [4.78, 5) is 28.7. The first-order chi connectivity index (χ1) is 13.1.